The van der Waals surface area contributed by atoms with Crippen molar-refractivity contribution >= 4 is 9.84 Å². The third kappa shape index (κ3) is 2.29. The van der Waals surface area contributed by atoms with Gasteiger partial charge in [-0.15, -0.1) is 0 Å². The molecule has 3 nitrogen and oxygen atoms in total. The Hall–Kier alpha value is -0.870. The second-order valence-corrected chi connectivity index (χ2v) is 4.98. The summed E-state index contributed by atoms with van der Waals surface area (Å²) in [6, 6.07) is 6.26. The van der Waals surface area contributed by atoms with E-state index in [1.165, 1.54) is 12.1 Å². The lowest BCUT2D eigenvalue weighted by molar-refractivity contribution is 0.282. The van der Waals surface area contributed by atoms with Gasteiger partial charge in [0, 0.05) is 0 Å². The Morgan fingerprint density at radius 1 is 1.23 bits per heavy atom. The second-order valence-electron chi connectivity index (χ2n) is 2.71. The Balaban J connectivity index is 3.06. The number of rotatable bonds is 3. The summed E-state index contributed by atoms with van der Waals surface area (Å²) >= 11 is 0. The molecule has 1 rings (SSSR count). The van der Waals surface area contributed by atoms with Gasteiger partial charge in [0.05, 0.1) is 17.3 Å². The van der Waals surface area contributed by atoms with Crippen molar-refractivity contribution < 1.29 is 13.5 Å². The fourth-order valence-corrected chi connectivity index (χ4v) is 1.85. The molecule has 1 aromatic carbocycles. The Labute approximate surface area is 77.9 Å². The average Bonchev–Trinajstić information content (AvgIpc) is 2.18. The second kappa shape index (κ2) is 3.89. The molecule has 0 amide bonds. The van der Waals surface area contributed by atoms with E-state index in [2.05, 4.69) is 0 Å². The van der Waals surface area contributed by atoms with Crippen molar-refractivity contribution in [1.82, 2.24) is 0 Å². The van der Waals surface area contributed by atoms with Crippen LogP contribution in [0.15, 0.2) is 29.2 Å². The number of aliphatic hydroxyl groups is 1. The minimum Gasteiger partial charge on any atom is -0.392 e. The first kappa shape index (κ1) is 10.2. The Kier molecular flexibility index (Phi) is 3.06. The van der Waals surface area contributed by atoms with E-state index in [0.717, 1.165) is 5.56 Å². The molecule has 0 bridgehead atoms. The summed E-state index contributed by atoms with van der Waals surface area (Å²) in [6.07, 6.45) is 0. The maximum Gasteiger partial charge on any atom is 0.178 e. The van der Waals surface area contributed by atoms with Crippen LogP contribution in [-0.4, -0.2) is 19.3 Å². The zero-order chi connectivity index (χ0) is 9.90. The Bertz CT molecular complexity index is 364. The predicted octanol–water partition coefficient (Wildman–Crippen LogP) is 0.973. The molecule has 0 unspecified atom stereocenters. The first-order chi connectivity index (χ1) is 6.10. The Morgan fingerprint density at radius 2 is 1.77 bits per heavy atom. The zero-order valence-corrected chi connectivity index (χ0v) is 8.21. The van der Waals surface area contributed by atoms with E-state index in [9.17, 15) is 8.42 Å². The van der Waals surface area contributed by atoms with Crippen LogP contribution in [0.25, 0.3) is 0 Å². The van der Waals surface area contributed by atoms with Crippen molar-refractivity contribution in [3.8, 4) is 0 Å². The SMILES string of the molecule is CCS(=O)(=O)c1ccc(CO)cc1. The maximum atomic E-state index is 11.3. The van der Waals surface area contributed by atoms with Gasteiger partial charge in [-0.1, -0.05) is 19.1 Å². The highest BCUT2D eigenvalue weighted by Crippen LogP contribution is 2.11. The van der Waals surface area contributed by atoms with Crippen molar-refractivity contribution in [2.45, 2.75) is 18.4 Å². The summed E-state index contributed by atoms with van der Waals surface area (Å²) in [7, 11) is -3.10. The molecule has 0 saturated heterocycles. The van der Waals surface area contributed by atoms with Crippen molar-refractivity contribution in [3.63, 3.8) is 0 Å². The van der Waals surface area contributed by atoms with Gasteiger partial charge in [-0.2, -0.15) is 0 Å². The van der Waals surface area contributed by atoms with Crippen LogP contribution < -0.4 is 0 Å². The molecular formula is C9H12O3S. The molecule has 0 spiro atoms. The average molecular weight is 200 g/mol. The van der Waals surface area contributed by atoms with Gasteiger partial charge < -0.3 is 5.11 Å². The molecule has 0 aliphatic heterocycles. The van der Waals surface area contributed by atoms with Crippen molar-refractivity contribution in [2.75, 3.05) is 5.75 Å². The smallest absolute Gasteiger partial charge is 0.178 e. The minimum absolute atomic E-state index is 0.0630. The van der Waals surface area contributed by atoms with E-state index >= 15 is 0 Å². The van der Waals surface area contributed by atoms with Crippen LogP contribution in [0.2, 0.25) is 0 Å². The van der Waals surface area contributed by atoms with E-state index in [1.807, 2.05) is 0 Å². The highest BCUT2D eigenvalue weighted by atomic mass is 32.2. The fourth-order valence-electron chi connectivity index (χ4n) is 0.969. The molecule has 1 aromatic rings. The lowest BCUT2D eigenvalue weighted by Gasteiger charge is -2.01. The van der Waals surface area contributed by atoms with Crippen molar-refractivity contribution in [1.29, 1.82) is 0 Å². The largest absolute Gasteiger partial charge is 0.392 e. The normalized spacial score (nSPS) is 11.5. The molecule has 0 fully saturated rings. The van der Waals surface area contributed by atoms with Gasteiger partial charge in [-0.25, -0.2) is 8.42 Å². The van der Waals surface area contributed by atoms with Crippen LogP contribution in [0.4, 0.5) is 0 Å². The number of sulfone groups is 1. The first-order valence-electron chi connectivity index (χ1n) is 4.02. The summed E-state index contributed by atoms with van der Waals surface area (Å²) in [5, 5.41) is 8.74. The van der Waals surface area contributed by atoms with Crippen LogP contribution in [0.1, 0.15) is 12.5 Å². The monoisotopic (exact) mass is 200 g/mol. The fraction of sp³-hybridized carbons (Fsp3) is 0.333. The van der Waals surface area contributed by atoms with Gasteiger partial charge in [0.1, 0.15) is 0 Å². The highest BCUT2D eigenvalue weighted by Gasteiger charge is 2.10. The van der Waals surface area contributed by atoms with Crippen LogP contribution in [0, 0.1) is 0 Å². The molecule has 0 aromatic heterocycles. The minimum atomic E-state index is -3.10. The van der Waals surface area contributed by atoms with E-state index in [1.54, 1.807) is 19.1 Å². The van der Waals surface area contributed by atoms with Crippen molar-refractivity contribution in [2.24, 2.45) is 0 Å². The summed E-state index contributed by atoms with van der Waals surface area (Å²) in [6.45, 7) is 1.54. The first-order valence-corrected chi connectivity index (χ1v) is 5.68. The molecule has 72 valence electrons. The molecular weight excluding hydrogens is 188 g/mol. The molecule has 0 atom stereocenters. The molecule has 0 radical (unpaired) electrons. The van der Waals surface area contributed by atoms with E-state index in [4.69, 9.17) is 5.11 Å². The quantitative estimate of drug-likeness (QED) is 0.791. The number of hydrogen-bond acceptors (Lipinski definition) is 3. The molecule has 0 saturated carbocycles. The van der Waals surface area contributed by atoms with Gasteiger partial charge >= 0.3 is 0 Å². The standard InChI is InChI=1S/C9H12O3S/c1-2-13(11,12)9-5-3-8(7-10)4-6-9/h3-6,10H,2,7H2,1H3. The lowest BCUT2D eigenvalue weighted by atomic mass is 10.2. The van der Waals surface area contributed by atoms with Gasteiger partial charge in [-0.3, -0.25) is 0 Å². The third-order valence-electron chi connectivity index (χ3n) is 1.85. The highest BCUT2D eigenvalue weighted by molar-refractivity contribution is 7.91. The van der Waals surface area contributed by atoms with E-state index in [-0.39, 0.29) is 12.4 Å². The summed E-state index contributed by atoms with van der Waals surface area (Å²) < 4.78 is 22.7. The van der Waals surface area contributed by atoms with Gasteiger partial charge in [-0.05, 0) is 17.7 Å². The molecule has 1 N–H and O–H groups in total. The van der Waals surface area contributed by atoms with E-state index < -0.39 is 9.84 Å². The van der Waals surface area contributed by atoms with Crippen LogP contribution in [0.5, 0.6) is 0 Å². The van der Waals surface area contributed by atoms with Gasteiger partial charge in [0.2, 0.25) is 0 Å². The van der Waals surface area contributed by atoms with Crippen LogP contribution >= 0.6 is 0 Å². The predicted molar refractivity (Wildman–Crippen MR) is 50.1 cm³/mol. The number of aliphatic hydroxyl groups excluding tert-OH is 1. The molecule has 4 heteroatoms. The molecule has 0 heterocycles. The Morgan fingerprint density at radius 3 is 2.15 bits per heavy atom. The lowest BCUT2D eigenvalue weighted by Crippen LogP contribution is -2.03. The van der Waals surface area contributed by atoms with E-state index in [0.29, 0.717) is 4.90 Å². The van der Waals surface area contributed by atoms with Gasteiger partial charge in [0.15, 0.2) is 9.84 Å². The number of hydrogen-bond donors (Lipinski definition) is 1. The van der Waals surface area contributed by atoms with Crippen LogP contribution in [0.3, 0.4) is 0 Å². The summed E-state index contributed by atoms with van der Waals surface area (Å²) in [5.74, 6) is 0.103. The van der Waals surface area contributed by atoms with Crippen LogP contribution in [-0.2, 0) is 16.4 Å². The molecule has 0 aliphatic carbocycles. The van der Waals surface area contributed by atoms with Gasteiger partial charge in [0.25, 0.3) is 0 Å². The summed E-state index contributed by atoms with van der Waals surface area (Å²) in [4.78, 5) is 0.312. The summed E-state index contributed by atoms with van der Waals surface area (Å²) in [5.41, 5.74) is 0.718. The number of benzene rings is 1. The maximum absolute atomic E-state index is 11.3. The molecule has 0 aliphatic rings. The molecule has 13 heavy (non-hydrogen) atoms. The zero-order valence-electron chi connectivity index (χ0n) is 7.40. The topological polar surface area (TPSA) is 54.4 Å². The third-order valence-corrected chi connectivity index (χ3v) is 3.60. The van der Waals surface area contributed by atoms with Crippen molar-refractivity contribution in [3.05, 3.63) is 29.8 Å².